The minimum Gasteiger partial charge on any atom is -0.370 e. The van der Waals surface area contributed by atoms with Crippen LogP contribution in [0.3, 0.4) is 0 Å². The number of carbonyl (C=O) groups excluding carboxylic acids is 1. The number of imidazole rings is 1. The van der Waals surface area contributed by atoms with Gasteiger partial charge in [0, 0.05) is 44.1 Å². The average Bonchev–Trinajstić information content (AvgIpc) is 2.65. The summed E-state index contributed by atoms with van der Waals surface area (Å²) >= 11 is 0. The second-order valence-corrected chi connectivity index (χ2v) is 4.81. The first kappa shape index (κ1) is 12.1. The van der Waals surface area contributed by atoms with E-state index in [2.05, 4.69) is 28.7 Å². The standard InChI is InChI=1S/C12H20N4O/c1-8(2)12-15-9-7-14-5-3-10(9)16(12)6-4-11(13)17/h8,14H,3-7H2,1-2H3,(H2,13,17). The van der Waals surface area contributed by atoms with Gasteiger partial charge in [0.25, 0.3) is 0 Å². The lowest BCUT2D eigenvalue weighted by Gasteiger charge is -2.16. The normalized spacial score (nSPS) is 15.0. The molecule has 94 valence electrons. The first-order valence-electron chi connectivity index (χ1n) is 6.16. The van der Waals surface area contributed by atoms with Gasteiger partial charge < -0.3 is 15.6 Å². The highest BCUT2D eigenvalue weighted by Gasteiger charge is 2.21. The number of amides is 1. The van der Waals surface area contributed by atoms with Crippen LogP contribution in [0.2, 0.25) is 0 Å². The fraction of sp³-hybridized carbons (Fsp3) is 0.667. The summed E-state index contributed by atoms with van der Waals surface area (Å²) < 4.78 is 2.19. The first-order chi connectivity index (χ1) is 8.09. The number of hydrogen-bond donors (Lipinski definition) is 2. The highest BCUT2D eigenvalue weighted by atomic mass is 16.1. The molecule has 1 aromatic rings. The van der Waals surface area contributed by atoms with Crippen molar-refractivity contribution in [2.45, 2.75) is 45.7 Å². The van der Waals surface area contributed by atoms with E-state index < -0.39 is 0 Å². The molecule has 1 aliphatic heterocycles. The Labute approximate surface area is 101 Å². The topological polar surface area (TPSA) is 72.9 Å². The van der Waals surface area contributed by atoms with E-state index in [0.29, 0.717) is 18.9 Å². The lowest BCUT2D eigenvalue weighted by molar-refractivity contribution is -0.118. The van der Waals surface area contributed by atoms with Gasteiger partial charge >= 0.3 is 0 Å². The van der Waals surface area contributed by atoms with Crippen LogP contribution in [0.5, 0.6) is 0 Å². The Balaban J connectivity index is 2.31. The van der Waals surface area contributed by atoms with Crippen LogP contribution in [-0.4, -0.2) is 22.0 Å². The van der Waals surface area contributed by atoms with Crippen molar-refractivity contribution in [2.24, 2.45) is 5.73 Å². The third kappa shape index (κ3) is 2.49. The van der Waals surface area contributed by atoms with Crippen molar-refractivity contribution in [2.75, 3.05) is 6.54 Å². The fourth-order valence-electron chi connectivity index (χ4n) is 2.30. The van der Waals surface area contributed by atoms with Gasteiger partial charge in [-0.1, -0.05) is 13.8 Å². The molecule has 0 aromatic carbocycles. The Hall–Kier alpha value is -1.36. The van der Waals surface area contributed by atoms with Gasteiger partial charge in [0.05, 0.1) is 5.69 Å². The summed E-state index contributed by atoms with van der Waals surface area (Å²) in [5.74, 6) is 1.18. The van der Waals surface area contributed by atoms with Gasteiger partial charge in [0.1, 0.15) is 5.82 Å². The van der Waals surface area contributed by atoms with Crippen molar-refractivity contribution in [1.29, 1.82) is 0 Å². The molecule has 0 aliphatic carbocycles. The number of nitrogens with two attached hydrogens (primary N) is 1. The van der Waals surface area contributed by atoms with E-state index in [9.17, 15) is 4.79 Å². The van der Waals surface area contributed by atoms with Crippen molar-refractivity contribution >= 4 is 5.91 Å². The quantitative estimate of drug-likeness (QED) is 0.801. The maximum absolute atomic E-state index is 10.9. The van der Waals surface area contributed by atoms with E-state index in [4.69, 9.17) is 5.73 Å². The van der Waals surface area contributed by atoms with Gasteiger partial charge in [-0.25, -0.2) is 4.98 Å². The Morgan fingerprint density at radius 2 is 2.35 bits per heavy atom. The van der Waals surface area contributed by atoms with E-state index in [-0.39, 0.29) is 5.91 Å². The highest BCUT2D eigenvalue weighted by Crippen LogP contribution is 2.22. The number of rotatable bonds is 4. The summed E-state index contributed by atoms with van der Waals surface area (Å²) in [6, 6.07) is 0. The van der Waals surface area contributed by atoms with Crippen LogP contribution in [0.1, 0.15) is 43.4 Å². The molecule has 2 rings (SSSR count). The highest BCUT2D eigenvalue weighted by molar-refractivity contribution is 5.73. The van der Waals surface area contributed by atoms with Crippen LogP contribution < -0.4 is 11.1 Å². The molecule has 5 heteroatoms. The predicted octanol–water partition coefficient (Wildman–Crippen LogP) is 0.528. The molecular weight excluding hydrogens is 216 g/mol. The summed E-state index contributed by atoms with van der Waals surface area (Å²) in [6.45, 7) is 6.72. The molecule has 0 fully saturated rings. The first-order valence-corrected chi connectivity index (χ1v) is 6.16. The third-order valence-corrected chi connectivity index (χ3v) is 3.11. The molecule has 0 radical (unpaired) electrons. The van der Waals surface area contributed by atoms with Gasteiger partial charge in [-0.15, -0.1) is 0 Å². The Morgan fingerprint density at radius 1 is 1.59 bits per heavy atom. The lowest BCUT2D eigenvalue weighted by Crippen LogP contribution is -2.25. The second-order valence-electron chi connectivity index (χ2n) is 4.81. The lowest BCUT2D eigenvalue weighted by atomic mass is 10.1. The van der Waals surface area contributed by atoms with Crippen LogP contribution >= 0.6 is 0 Å². The van der Waals surface area contributed by atoms with E-state index >= 15 is 0 Å². The Bertz CT molecular complexity index is 422. The van der Waals surface area contributed by atoms with E-state index in [1.807, 2.05) is 0 Å². The molecule has 3 N–H and O–H groups in total. The van der Waals surface area contributed by atoms with Gasteiger partial charge in [0.2, 0.25) is 5.91 Å². The second kappa shape index (κ2) is 4.87. The number of hydrogen-bond acceptors (Lipinski definition) is 3. The summed E-state index contributed by atoms with van der Waals surface area (Å²) in [5.41, 5.74) is 7.63. The zero-order valence-electron chi connectivity index (χ0n) is 10.5. The zero-order valence-corrected chi connectivity index (χ0v) is 10.5. The predicted molar refractivity (Wildman–Crippen MR) is 65.5 cm³/mol. The van der Waals surface area contributed by atoms with Crippen LogP contribution in [0.15, 0.2) is 0 Å². The SMILES string of the molecule is CC(C)c1nc2c(n1CCC(N)=O)CCNC2. The molecule has 0 atom stereocenters. The maximum Gasteiger partial charge on any atom is 0.219 e. The molecule has 1 amide bonds. The fourth-order valence-corrected chi connectivity index (χ4v) is 2.30. The molecule has 0 saturated carbocycles. The third-order valence-electron chi connectivity index (χ3n) is 3.11. The molecule has 2 heterocycles. The van der Waals surface area contributed by atoms with Crippen LogP contribution in [0, 0.1) is 0 Å². The molecule has 5 nitrogen and oxygen atoms in total. The van der Waals surface area contributed by atoms with E-state index in [1.54, 1.807) is 0 Å². The summed E-state index contributed by atoms with van der Waals surface area (Å²) in [5, 5.41) is 3.32. The van der Waals surface area contributed by atoms with Gasteiger partial charge in [-0.3, -0.25) is 4.79 Å². The smallest absolute Gasteiger partial charge is 0.219 e. The van der Waals surface area contributed by atoms with Crippen LogP contribution in [0.25, 0.3) is 0 Å². The van der Waals surface area contributed by atoms with Crippen molar-refractivity contribution in [3.63, 3.8) is 0 Å². The minimum absolute atomic E-state index is 0.254. The van der Waals surface area contributed by atoms with Crippen molar-refractivity contribution in [3.05, 3.63) is 17.2 Å². The van der Waals surface area contributed by atoms with Crippen molar-refractivity contribution in [1.82, 2.24) is 14.9 Å². The van der Waals surface area contributed by atoms with Crippen LogP contribution in [0.4, 0.5) is 0 Å². The Kier molecular flexibility index (Phi) is 3.47. The monoisotopic (exact) mass is 236 g/mol. The molecule has 1 aromatic heterocycles. The molecule has 0 bridgehead atoms. The van der Waals surface area contributed by atoms with Gasteiger partial charge in [-0.2, -0.15) is 0 Å². The number of carbonyl (C=O) groups is 1. The summed E-state index contributed by atoms with van der Waals surface area (Å²) in [7, 11) is 0. The molecule has 1 aliphatic rings. The molecule has 0 spiro atoms. The number of aromatic nitrogens is 2. The number of nitrogens with one attached hydrogen (secondary N) is 1. The summed E-state index contributed by atoms with van der Waals surface area (Å²) in [6.07, 6.45) is 1.36. The zero-order chi connectivity index (χ0) is 12.4. The summed E-state index contributed by atoms with van der Waals surface area (Å²) in [4.78, 5) is 15.6. The average molecular weight is 236 g/mol. The molecular formula is C12H20N4O. The van der Waals surface area contributed by atoms with Crippen molar-refractivity contribution in [3.8, 4) is 0 Å². The molecule has 0 saturated heterocycles. The van der Waals surface area contributed by atoms with Crippen molar-refractivity contribution < 1.29 is 4.79 Å². The number of fused-ring (bicyclic) bond motifs is 1. The minimum atomic E-state index is -0.254. The maximum atomic E-state index is 10.9. The van der Waals surface area contributed by atoms with E-state index in [0.717, 1.165) is 31.0 Å². The largest absolute Gasteiger partial charge is 0.370 e. The molecule has 17 heavy (non-hydrogen) atoms. The number of primary amides is 1. The van der Waals surface area contributed by atoms with E-state index in [1.165, 1.54) is 5.69 Å². The van der Waals surface area contributed by atoms with Crippen LogP contribution in [-0.2, 0) is 24.3 Å². The van der Waals surface area contributed by atoms with Gasteiger partial charge in [-0.05, 0) is 0 Å². The molecule has 0 unspecified atom stereocenters. The number of nitrogens with zero attached hydrogens (tertiary/aromatic N) is 2. The van der Waals surface area contributed by atoms with Gasteiger partial charge in [0.15, 0.2) is 0 Å². The Morgan fingerprint density at radius 3 is 3.00 bits per heavy atom.